The molecule has 0 saturated carbocycles. The summed E-state index contributed by atoms with van der Waals surface area (Å²) < 4.78 is 15.1. The predicted octanol–water partition coefficient (Wildman–Crippen LogP) is 5.66. The van der Waals surface area contributed by atoms with Crippen molar-refractivity contribution < 1.29 is 28.6 Å². The Morgan fingerprint density at radius 1 is 0.514 bits per heavy atom. The molecule has 0 rings (SSSR count). The number of thiol groups is 6. The largest absolute Gasteiger partial charge is 0.464 e. The molecule has 0 atom stereocenters. The van der Waals surface area contributed by atoms with Crippen LogP contribution in [0.25, 0.3) is 0 Å². The van der Waals surface area contributed by atoms with Crippen molar-refractivity contribution in [3.05, 3.63) is 0 Å². The second-order valence-electron chi connectivity index (χ2n) is 7.24. The normalized spacial score (nSPS) is 9.41. The Morgan fingerprint density at radius 2 is 0.784 bits per heavy atom. The van der Waals surface area contributed by atoms with Crippen LogP contribution in [0, 0.1) is 0 Å². The Bertz CT molecular complexity index is 421. The average molecular weight is 745 g/mol. The molecule has 0 aromatic rings. The first kappa shape index (κ1) is 45.3. The number of unbranched alkanes of at least 4 members (excludes halogenated alkanes) is 9. The average Bonchev–Trinajstić information content (AvgIpc) is 2.93. The van der Waals surface area contributed by atoms with Crippen LogP contribution in [0.1, 0.15) is 71.1 Å². The van der Waals surface area contributed by atoms with Crippen LogP contribution in [0.5, 0.6) is 0 Å². The van der Waals surface area contributed by atoms with Gasteiger partial charge in [-0.3, -0.25) is 14.4 Å². The SMILES string of the molecule is CCCCCCCCCCC[CH2][Sn].O=C(CS)OCCS.O=C(CS)OCCS.O=C(CS)OCCS. The topological polar surface area (TPSA) is 78.9 Å². The molecule has 0 amide bonds. The van der Waals surface area contributed by atoms with Crippen LogP contribution >= 0.6 is 75.8 Å². The standard InChI is InChI=1S/C12H25.3C4H8O2S2.Sn/c1-3-5-7-9-11-12-10-8-6-4-2;3*5-4(3-8)6-1-2-7;/h1,3-12H2,2H3;3*7-8H,1-3H2;. The van der Waals surface area contributed by atoms with Crippen molar-refractivity contribution in [3.63, 3.8) is 0 Å². The molecule has 0 aromatic heterocycles. The maximum Gasteiger partial charge on any atom is 0.315 e. The van der Waals surface area contributed by atoms with Crippen molar-refractivity contribution in [1.82, 2.24) is 0 Å². The molecule has 0 aliphatic heterocycles. The Labute approximate surface area is 272 Å². The van der Waals surface area contributed by atoms with Crippen molar-refractivity contribution in [2.24, 2.45) is 0 Å². The first-order chi connectivity index (χ1) is 17.8. The van der Waals surface area contributed by atoms with Gasteiger partial charge < -0.3 is 14.2 Å². The summed E-state index contributed by atoms with van der Waals surface area (Å²) >= 11 is 24.3. The van der Waals surface area contributed by atoms with Crippen LogP contribution in [0.3, 0.4) is 0 Å². The van der Waals surface area contributed by atoms with Crippen LogP contribution in [-0.2, 0) is 28.6 Å². The minimum Gasteiger partial charge on any atom is -0.464 e. The van der Waals surface area contributed by atoms with Crippen LogP contribution < -0.4 is 0 Å². The van der Waals surface area contributed by atoms with E-state index in [1.165, 1.54) is 68.6 Å². The summed E-state index contributed by atoms with van der Waals surface area (Å²) in [5.74, 6) is 1.28. The third kappa shape index (κ3) is 54.1. The molecule has 0 unspecified atom stereocenters. The van der Waals surface area contributed by atoms with Crippen molar-refractivity contribution >= 4 is 116 Å². The molecule has 3 radical (unpaired) electrons. The van der Waals surface area contributed by atoms with Gasteiger partial charge in [0.15, 0.2) is 0 Å². The van der Waals surface area contributed by atoms with Gasteiger partial charge in [0, 0.05) is 17.3 Å². The fraction of sp³-hybridized carbons (Fsp3) is 0.875. The van der Waals surface area contributed by atoms with E-state index < -0.39 is 0 Å². The fourth-order valence-corrected chi connectivity index (χ4v) is 3.49. The summed E-state index contributed by atoms with van der Waals surface area (Å²) in [5.41, 5.74) is 0. The maximum atomic E-state index is 10.2. The quantitative estimate of drug-likeness (QED) is 0.0337. The molecular weight excluding hydrogens is 695 g/mol. The number of carbonyl (C=O) groups excluding carboxylic acids is 3. The smallest absolute Gasteiger partial charge is 0.315 e. The predicted molar refractivity (Wildman–Crippen MR) is 178 cm³/mol. The van der Waals surface area contributed by atoms with E-state index in [4.69, 9.17) is 0 Å². The first-order valence-corrected chi connectivity index (χ1v) is 18.4. The van der Waals surface area contributed by atoms with Gasteiger partial charge in [0.2, 0.25) is 0 Å². The van der Waals surface area contributed by atoms with Gasteiger partial charge in [-0.2, -0.15) is 75.8 Å². The van der Waals surface area contributed by atoms with E-state index in [9.17, 15) is 14.4 Å². The van der Waals surface area contributed by atoms with Crippen molar-refractivity contribution in [1.29, 1.82) is 0 Å². The van der Waals surface area contributed by atoms with Crippen molar-refractivity contribution in [2.75, 3.05) is 54.3 Å². The zero-order valence-electron chi connectivity index (χ0n) is 22.3. The van der Waals surface area contributed by atoms with E-state index in [2.05, 4.69) is 96.9 Å². The van der Waals surface area contributed by atoms with Gasteiger partial charge in [0.05, 0.1) is 17.3 Å². The molecule has 0 heterocycles. The molecule has 0 bridgehead atoms. The van der Waals surface area contributed by atoms with E-state index in [1.807, 2.05) is 0 Å². The van der Waals surface area contributed by atoms with Gasteiger partial charge in [0.25, 0.3) is 0 Å². The molecule has 0 N–H and O–H groups in total. The maximum absolute atomic E-state index is 10.2. The molecule has 0 spiro atoms. The third-order valence-corrected chi connectivity index (χ3v) is 6.31. The van der Waals surface area contributed by atoms with Crippen LogP contribution in [0.15, 0.2) is 0 Å². The van der Waals surface area contributed by atoms with Crippen LogP contribution in [-0.4, -0.2) is 94.8 Å². The minimum atomic E-state index is -0.289. The molecule has 0 aliphatic carbocycles. The van der Waals surface area contributed by atoms with Gasteiger partial charge in [-0.1, -0.05) is 0 Å². The van der Waals surface area contributed by atoms with Gasteiger partial charge in [-0.05, 0) is 0 Å². The minimum absolute atomic E-state index is 0.147. The Morgan fingerprint density at radius 3 is 1.00 bits per heavy atom. The number of rotatable bonds is 19. The second-order valence-corrected chi connectivity index (χ2v) is 11.0. The summed E-state index contributed by atoms with van der Waals surface area (Å²) in [6.07, 6.45) is 14.7. The van der Waals surface area contributed by atoms with E-state index in [1.54, 1.807) is 22.5 Å². The first-order valence-electron chi connectivity index (χ1n) is 12.6. The summed E-state index contributed by atoms with van der Waals surface area (Å²) in [4.78, 5) is 30.7. The molecular formula is C24H49O6S6Sn. The molecule has 0 aliphatic rings. The van der Waals surface area contributed by atoms with Gasteiger partial charge in [-0.15, -0.1) is 0 Å². The third-order valence-electron chi connectivity index (χ3n) is 3.98. The van der Waals surface area contributed by atoms with E-state index >= 15 is 0 Å². The summed E-state index contributed by atoms with van der Waals surface area (Å²) in [6.45, 7) is 3.42. The number of esters is 3. The number of ether oxygens (including phenoxy) is 3. The Balaban J connectivity index is -0.000000202. The van der Waals surface area contributed by atoms with E-state index in [-0.39, 0.29) is 35.2 Å². The molecule has 0 fully saturated rings. The van der Waals surface area contributed by atoms with Gasteiger partial charge in [-0.25, -0.2) is 0 Å². The zero-order valence-corrected chi connectivity index (χ0v) is 30.5. The van der Waals surface area contributed by atoms with Gasteiger partial charge in [0.1, 0.15) is 19.8 Å². The Hall–Kier alpha value is 1.31. The van der Waals surface area contributed by atoms with E-state index in [0.717, 1.165) is 0 Å². The summed E-state index contributed by atoms with van der Waals surface area (Å²) in [7, 11) is 0. The molecule has 13 heteroatoms. The summed E-state index contributed by atoms with van der Waals surface area (Å²) in [6, 6.07) is 0. The summed E-state index contributed by atoms with van der Waals surface area (Å²) in [5, 5.41) is 0. The molecule has 0 saturated heterocycles. The molecule has 37 heavy (non-hydrogen) atoms. The van der Waals surface area contributed by atoms with E-state index in [0.29, 0.717) is 37.1 Å². The fourth-order valence-electron chi connectivity index (χ4n) is 2.23. The number of carbonyl (C=O) groups is 3. The second kappa shape index (κ2) is 44.3. The molecule has 0 aromatic carbocycles. The van der Waals surface area contributed by atoms with Crippen LogP contribution in [0.4, 0.5) is 0 Å². The van der Waals surface area contributed by atoms with Crippen molar-refractivity contribution in [3.8, 4) is 0 Å². The van der Waals surface area contributed by atoms with Crippen molar-refractivity contribution in [2.45, 2.75) is 75.6 Å². The Kier molecular flexibility index (Phi) is 54.3. The monoisotopic (exact) mass is 745 g/mol. The number of hydrogen-bond donors (Lipinski definition) is 6. The molecule has 6 nitrogen and oxygen atoms in total. The molecule has 221 valence electrons. The van der Waals surface area contributed by atoms with Gasteiger partial charge >= 0.3 is 116 Å². The zero-order chi connectivity index (χ0) is 29.0. The van der Waals surface area contributed by atoms with Crippen LogP contribution in [0.2, 0.25) is 4.44 Å². The number of hydrogen-bond acceptors (Lipinski definition) is 12.